The highest BCUT2D eigenvalue weighted by molar-refractivity contribution is 7.99. The molecule has 1 unspecified atom stereocenters. The van der Waals surface area contributed by atoms with E-state index in [1.165, 1.54) is 6.20 Å². The van der Waals surface area contributed by atoms with Crippen molar-refractivity contribution in [3.8, 4) is 5.88 Å². The lowest BCUT2D eigenvalue weighted by Gasteiger charge is -2.11. The highest BCUT2D eigenvalue weighted by Gasteiger charge is 2.17. The molecule has 3 rings (SSSR count). The van der Waals surface area contributed by atoms with Gasteiger partial charge in [-0.2, -0.15) is 11.8 Å². The molecule has 1 saturated heterocycles. The van der Waals surface area contributed by atoms with Crippen molar-refractivity contribution in [1.82, 2.24) is 15.0 Å². The number of aromatic nitrogens is 3. The second-order valence-corrected chi connectivity index (χ2v) is 6.11. The average molecular weight is 316 g/mol. The number of carbonyl (C=O) groups excluding carboxylic acids is 1. The first kappa shape index (κ1) is 14.8. The number of anilines is 1. The van der Waals surface area contributed by atoms with E-state index in [9.17, 15) is 4.79 Å². The van der Waals surface area contributed by atoms with Crippen LogP contribution in [0.3, 0.4) is 0 Å². The highest BCUT2D eigenvalue weighted by atomic mass is 32.2. The van der Waals surface area contributed by atoms with Crippen LogP contribution in [0.1, 0.15) is 22.5 Å². The normalized spacial score (nSPS) is 17.2. The lowest BCUT2D eigenvalue weighted by Crippen LogP contribution is -2.17. The summed E-state index contributed by atoms with van der Waals surface area (Å²) in [5.74, 6) is 2.67. The van der Waals surface area contributed by atoms with Gasteiger partial charge in [-0.3, -0.25) is 10.1 Å². The molecule has 0 spiro atoms. The molecule has 1 N–H and O–H groups in total. The number of aryl methyl sites for hydroxylation is 1. The zero-order valence-corrected chi connectivity index (χ0v) is 13.0. The number of nitrogens with one attached hydrogen (secondary N) is 1. The molecule has 0 bridgehead atoms. The van der Waals surface area contributed by atoms with Crippen molar-refractivity contribution in [3.63, 3.8) is 0 Å². The van der Waals surface area contributed by atoms with Gasteiger partial charge in [-0.1, -0.05) is 0 Å². The van der Waals surface area contributed by atoms with Crippen LogP contribution in [0.4, 0.5) is 5.95 Å². The molecular weight excluding hydrogens is 300 g/mol. The molecule has 1 aliphatic rings. The number of hydrogen-bond donors (Lipinski definition) is 1. The molecule has 0 radical (unpaired) electrons. The monoisotopic (exact) mass is 316 g/mol. The maximum atomic E-state index is 12.1. The number of pyridine rings is 1. The van der Waals surface area contributed by atoms with E-state index >= 15 is 0 Å². The van der Waals surface area contributed by atoms with Gasteiger partial charge < -0.3 is 4.74 Å². The largest absolute Gasteiger partial charge is 0.473 e. The van der Waals surface area contributed by atoms with Gasteiger partial charge in [-0.15, -0.1) is 0 Å². The number of amides is 1. The molecule has 22 heavy (non-hydrogen) atoms. The Balaban J connectivity index is 1.63. The van der Waals surface area contributed by atoms with Crippen LogP contribution < -0.4 is 10.1 Å². The fourth-order valence-corrected chi connectivity index (χ4v) is 3.14. The first-order valence-corrected chi connectivity index (χ1v) is 8.17. The number of thioether (sulfide) groups is 1. The molecule has 3 heterocycles. The molecule has 114 valence electrons. The van der Waals surface area contributed by atoms with Crippen molar-refractivity contribution in [1.29, 1.82) is 0 Å². The summed E-state index contributed by atoms with van der Waals surface area (Å²) in [5.41, 5.74) is 1.24. The molecule has 0 saturated carbocycles. The molecule has 1 aliphatic heterocycles. The summed E-state index contributed by atoms with van der Waals surface area (Å²) in [6.07, 6.45) is 4.37. The van der Waals surface area contributed by atoms with Gasteiger partial charge in [0.2, 0.25) is 11.8 Å². The molecule has 6 nitrogen and oxygen atoms in total. The molecule has 0 aliphatic carbocycles. The van der Waals surface area contributed by atoms with Crippen LogP contribution >= 0.6 is 11.8 Å². The molecule has 1 atom stereocenters. The number of carbonyl (C=O) groups is 1. The summed E-state index contributed by atoms with van der Waals surface area (Å²) >= 11 is 1.88. The first-order valence-electron chi connectivity index (χ1n) is 7.02. The van der Waals surface area contributed by atoms with Crippen molar-refractivity contribution < 1.29 is 9.53 Å². The van der Waals surface area contributed by atoms with E-state index in [1.54, 1.807) is 24.4 Å². The Kier molecular flexibility index (Phi) is 4.53. The summed E-state index contributed by atoms with van der Waals surface area (Å²) in [7, 11) is 0. The Morgan fingerprint density at radius 3 is 2.95 bits per heavy atom. The lowest BCUT2D eigenvalue weighted by molar-refractivity contribution is 0.102. The highest BCUT2D eigenvalue weighted by Crippen LogP contribution is 2.22. The van der Waals surface area contributed by atoms with Gasteiger partial charge in [0.15, 0.2) is 0 Å². The Morgan fingerprint density at radius 1 is 1.36 bits per heavy atom. The quantitative estimate of drug-likeness (QED) is 0.933. The van der Waals surface area contributed by atoms with Crippen molar-refractivity contribution in [2.45, 2.75) is 19.4 Å². The SMILES string of the molecule is Cc1ccnc(NC(=O)c2ccc(OC3CCSC3)nc2)n1. The third-order valence-corrected chi connectivity index (χ3v) is 4.33. The third-order valence-electron chi connectivity index (χ3n) is 3.19. The van der Waals surface area contributed by atoms with Crippen molar-refractivity contribution in [2.24, 2.45) is 0 Å². The van der Waals surface area contributed by atoms with Crippen LogP contribution in [0.5, 0.6) is 5.88 Å². The second-order valence-electron chi connectivity index (χ2n) is 4.96. The van der Waals surface area contributed by atoms with E-state index < -0.39 is 0 Å². The van der Waals surface area contributed by atoms with Gasteiger partial charge in [0, 0.05) is 29.9 Å². The number of ether oxygens (including phenoxy) is 1. The zero-order chi connectivity index (χ0) is 15.4. The summed E-state index contributed by atoms with van der Waals surface area (Å²) in [6, 6.07) is 5.18. The Labute approximate surface area is 132 Å². The zero-order valence-electron chi connectivity index (χ0n) is 12.2. The van der Waals surface area contributed by atoms with E-state index in [-0.39, 0.29) is 18.0 Å². The second kappa shape index (κ2) is 6.74. The van der Waals surface area contributed by atoms with Gasteiger partial charge in [0.1, 0.15) is 6.10 Å². The number of hydrogen-bond acceptors (Lipinski definition) is 6. The summed E-state index contributed by atoms with van der Waals surface area (Å²) in [4.78, 5) is 24.4. The smallest absolute Gasteiger partial charge is 0.259 e. The van der Waals surface area contributed by atoms with Gasteiger partial charge in [-0.05, 0) is 31.2 Å². The maximum absolute atomic E-state index is 12.1. The van der Waals surface area contributed by atoms with Crippen molar-refractivity contribution in [3.05, 3.63) is 41.9 Å². The summed E-state index contributed by atoms with van der Waals surface area (Å²) in [5, 5.41) is 2.65. The summed E-state index contributed by atoms with van der Waals surface area (Å²) < 4.78 is 5.76. The van der Waals surface area contributed by atoms with Crippen LogP contribution in [0.15, 0.2) is 30.6 Å². The average Bonchev–Trinajstić information content (AvgIpc) is 3.01. The van der Waals surface area contributed by atoms with Gasteiger partial charge >= 0.3 is 0 Å². The molecular formula is C15H16N4O2S. The Morgan fingerprint density at radius 2 is 2.27 bits per heavy atom. The fraction of sp³-hybridized carbons (Fsp3) is 0.333. The van der Waals surface area contributed by atoms with E-state index in [0.29, 0.717) is 11.4 Å². The van der Waals surface area contributed by atoms with Crippen LogP contribution in [0.2, 0.25) is 0 Å². The topological polar surface area (TPSA) is 77.0 Å². The van der Waals surface area contributed by atoms with Crippen LogP contribution in [0.25, 0.3) is 0 Å². The molecule has 7 heteroatoms. The predicted molar refractivity (Wildman–Crippen MR) is 85.3 cm³/mol. The maximum Gasteiger partial charge on any atom is 0.259 e. The van der Waals surface area contributed by atoms with Gasteiger partial charge in [0.25, 0.3) is 5.91 Å². The minimum atomic E-state index is -0.291. The lowest BCUT2D eigenvalue weighted by atomic mass is 10.2. The molecule has 2 aromatic heterocycles. The summed E-state index contributed by atoms with van der Waals surface area (Å²) in [6.45, 7) is 1.84. The van der Waals surface area contributed by atoms with Crippen LogP contribution in [-0.4, -0.2) is 38.5 Å². The number of nitrogens with zero attached hydrogens (tertiary/aromatic N) is 3. The minimum absolute atomic E-state index is 0.220. The standard InChI is InChI=1S/C15H16N4O2S/c1-10-4-6-16-15(18-10)19-14(20)11-2-3-13(17-8-11)21-12-5-7-22-9-12/h2-4,6,8,12H,5,7,9H2,1H3,(H,16,18,19,20). The van der Waals surface area contributed by atoms with E-state index in [0.717, 1.165) is 23.6 Å². The Bertz CT molecular complexity index is 657. The van der Waals surface area contributed by atoms with Crippen LogP contribution in [-0.2, 0) is 0 Å². The number of rotatable bonds is 4. The van der Waals surface area contributed by atoms with Crippen molar-refractivity contribution >= 4 is 23.6 Å². The van der Waals surface area contributed by atoms with E-state index in [1.807, 2.05) is 18.7 Å². The van der Waals surface area contributed by atoms with Gasteiger partial charge in [0.05, 0.1) is 5.56 Å². The van der Waals surface area contributed by atoms with E-state index in [2.05, 4.69) is 20.3 Å². The predicted octanol–water partition coefficient (Wildman–Crippen LogP) is 2.32. The molecule has 2 aromatic rings. The molecule has 1 fully saturated rings. The molecule has 0 aromatic carbocycles. The fourth-order valence-electron chi connectivity index (χ4n) is 2.04. The molecule has 1 amide bonds. The Hall–Kier alpha value is -2.15. The minimum Gasteiger partial charge on any atom is -0.473 e. The van der Waals surface area contributed by atoms with E-state index in [4.69, 9.17) is 4.74 Å². The van der Waals surface area contributed by atoms with Crippen molar-refractivity contribution in [2.75, 3.05) is 16.8 Å². The van der Waals surface area contributed by atoms with Gasteiger partial charge in [-0.25, -0.2) is 15.0 Å². The first-order chi connectivity index (χ1) is 10.7. The third kappa shape index (κ3) is 3.73. The van der Waals surface area contributed by atoms with Crippen LogP contribution in [0, 0.1) is 6.92 Å².